The van der Waals surface area contributed by atoms with E-state index in [4.69, 9.17) is 5.26 Å². The Kier molecular flexibility index (Phi) is 8.31. The number of aromatic nitrogens is 2. The standard InChI is InChI=1S/C24H25N7O2/c1-17(32)26-10-11-27-21-15-22(31-23(30-21)19-7-3-2-4-8-19)28-12-13-29-24(33)20-9-5-6-18(14-20)16-25/h2-9,14-15H,10-13H2,1H3,(H,26,32)(H,29,33)(H2,27,28,30,31). The molecule has 3 rings (SSSR count). The monoisotopic (exact) mass is 443 g/mol. The van der Waals surface area contributed by atoms with Gasteiger partial charge in [0.05, 0.1) is 11.6 Å². The molecule has 3 aromatic rings. The summed E-state index contributed by atoms with van der Waals surface area (Å²) >= 11 is 0. The Morgan fingerprint density at radius 3 is 2.15 bits per heavy atom. The number of anilines is 2. The number of nitriles is 1. The summed E-state index contributed by atoms with van der Waals surface area (Å²) in [4.78, 5) is 32.5. The molecular weight excluding hydrogens is 418 g/mol. The number of carbonyl (C=O) groups excluding carboxylic acids is 2. The summed E-state index contributed by atoms with van der Waals surface area (Å²) in [7, 11) is 0. The molecule has 0 unspecified atom stereocenters. The van der Waals surface area contributed by atoms with Gasteiger partial charge in [0.2, 0.25) is 5.91 Å². The van der Waals surface area contributed by atoms with Gasteiger partial charge in [-0.15, -0.1) is 0 Å². The summed E-state index contributed by atoms with van der Waals surface area (Å²) in [6.45, 7) is 3.27. The molecule has 0 aliphatic carbocycles. The van der Waals surface area contributed by atoms with Crippen molar-refractivity contribution < 1.29 is 9.59 Å². The molecule has 1 heterocycles. The molecule has 9 nitrogen and oxygen atoms in total. The lowest BCUT2D eigenvalue weighted by atomic mass is 10.1. The van der Waals surface area contributed by atoms with E-state index in [-0.39, 0.29) is 11.8 Å². The van der Waals surface area contributed by atoms with Crippen LogP contribution in [0.4, 0.5) is 11.6 Å². The maximum atomic E-state index is 12.3. The van der Waals surface area contributed by atoms with E-state index in [0.29, 0.717) is 54.8 Å². The molecule has 0 aliphatic rings. The minimum absolute atomic E-state index is 0.0896. The third-order valence-corrected chi connectivity index (χ3v) is 4.53. The van der Waals surface area contributed by atoms with Crippen LogP contribution < -0.4 is 21.3 Å². The first kappa shape index (κ1) is 23.2. The van der Waals surface area contributed by atoms with E-state index < -0.39 is 0 Å². The minimum atomic E-state index is -0.248. The number of rotatable bonds is 10. The molecule has 0 atom stereocenters. The Morgan fingerprint density at radius 1 is 0.848 bits per heavy atom. The molecule has 33 heavy (non-hydrogen) atoms. The number of hydrogen-bond donors (Lipinski definition) is 4. The fraction of sp³-hybridized carbons (Fsp3) is 0.208. The second-order valence-electron chi connectivity index (χ2n) is 7.11. The van der Waals surface area contributed by atoms with Gasteiger partial charge in [0.1, 0.15) is 11.6 Å². The summed E-state index contributed by atoms with van der Waals surface area (Å²) in [6.07, 6.45) is 0. The first-order chi connectivity index (χ1) is 16.0. The quantitative estimate of drug-likeness (QED) is 0.354. The van der Waals surface area contributed by atoms with Crippen LogP contribution in [0.2, 0.25) is 0 Å². The second-order valence-corrected chi connectivity index (χ2v) is 7.11. The predicted molar refractivity (Wildman–Crippen MR) is 127 cm³/mol. The van der Waals surface area contributed by atoms with Crippen LogP contribution in [0.15, 0.2) is 60.7 Å². The van der Waals surface area contributed by atoms with Gasteiger partial charge in [-0.05, 0) is 18.2 Å². The van der Waals surface area contributed by atoms with E-state index in [1.807, 2.05) is 36.4 Å². The van der Waals surface area contributed by atoms with E-state index in [2.05, 4.69) is 31.2 Å². The Labute approximate surface area is 192 Å². The zero-order valence-corrected chi connectivity index (χ0v) is 18.3. The van der Waals surface area contributed by atoms with Crippen LogP contribution in [-0.4, -0.2) is 48.0 Å². The Hall–Kier alpha value is -4.45. The summed E-state index contributed by atoms with van der Waals surface area (Å²) in [6, 6.07) is 20.0. The van der Waals surface area contributed by atoms with Gasteiger partial charge in [-0.2, -0.15) is 5.26 Å². The Morgan fingerprint density at radius 2 is 1.52 bits per heavy atom. The van der Waals surface area contributed by atoms with Crippen LogP contribution in [0, 0.1) is 11.3 Å². The van der Waals surface area contributed by atoms with Gasteiger partial charge in [-0.1, -0.05) is 36.4 Å². The summed E-state index contributed by atoms with van der Waals surface area (Å²) in [5, 5.41) is 20.9. The highest BCUT2D eigenvalue weighted by atomic mass is 16.2. The lowest BCUT2D eigenvalue weighted by Crippen LogP contribution is -2.29. The van der Waals surface area contributed by atoms with Gasteiger partial charge in [-0.25, -0.2) is 9.97 Å². The van der Waals surface area contributed by atoms with Crippen molar-refractivity contribution in [3.63, 3.8) is 0 Å². The number of nitrogens with one attached hydrogen (secondary N) is 4. The molecule has 2 aromatic carbocycles. The van der Waals surface area contributed by atoms with Crippen molar-refractivity contribution in [2.45, 2.75) is 6.92 Å². The van der Waals surface area contributed by atoms with Crippen molar-refractivity contribution in [3.05, 3.63) is 71.8 Å². The molecule has 4 N–H and O–H groups in total. The normalized spacial score (nSPS) is 10.1. The van der Waals surface area contributed by atoms with Gasteiger partial charge >= 0.3 is 0 Å². The zero-order valence-electron chi connectivity index (χ0n) is 18.3. The van der Waals surface area contributed by atoms with Crippen molar-refractivity contribution in [2.75, 3.05) is 36.8 Å². The molecule has 0 spiro atoms. The van der Waals surface area contributed by atoms with Crippen molar-refractivity contribution in [1.29, 1.82) is 5.26 Å². The molecule has 168 valence electrons. The fourth-order valence-corrected chi connectivity index (χ4v) is 2.97. The lowest BCUT2D eigenvalue weighted by molar-refractivity contribution is -0.118. The topological polar surface area (TPSA) is 132 Å². The van der Waals surface area contributed by atoms with Gasteiger partial charge < -0.3 is 21.3 Å². The van der Waals surface area contributed by atoms with E-state index in [1.165, 1.54) is 6.92 Å². The van der Waals surface area contributed by atoms with Crippen LogP contribution in [0.5, 0.6) is 0 Å². The van der Waals surface area contributed by atoms with Gasteiger partial charge in [0.25, 0.3) is 5.91 Å². The summed E-state index contributed by atoms with van der Waals surface area (Å²) in [5.41, 5.74) is 1.75. The first-order valence-corrected chi connectivity index (χ1v) is 10.5. The van der Waals surface area contributed by atoms with E-state index in [1.54, 1.807) is 30.3 Å². The number of hydrogen-bond acceptors (Lipinski definition) is 7. The average molecular weight is 444 g/mol. The molecule has 0 radical (unpaired) electrons. The van der Waals surface area contributed by atoms with Gasteiger partial charge in [0.15, 0.2) is 5.82 Å². The SMILES string of the molecule is CC(=O)NCCNc1cc(NCCNC(=O)c2cccc(C#N)c2)nc(-c2ccccc2)n1. The minimum Gasteiger partial charge on any atom is -0.368 e. The highest BCUT2D eigenvalue weighted by molar-refractivity contribution is 5.94. The first-order valence-electron chi connectivity index (χ1n) is 10.5. The molecule has 1 aromatic heterocycles. The highest BCUT2D eigenvalue weighted by Gasteiger charge is 2.08. The van der Waals surface area contributed by atoms with Crippen LogP contribution in [-0.2, 0) is 4.79 Å². The van der Waals surface area contributed by atoms with E-state index in [0.717, 1.165) is 5.56 Å². The Balaban J connectivity index is 1.61. The van der Waals surface area contributed by atoms with Gasteiger partial charge in [0, 0.05) is 50.3 Å². The molecule has 9 heteroatoms. The number of amides is 2. The van der Waals surface area contributed by atoms with Crippen molar-refractivity contribution in [3.8, 4) is 17.5 Å². The van der Waals surface area contributed by atoms with Crippen molar-refractivity contribution >= 4 is 23.5 Å². The molecule has 0 fully saturated rings. The van der Waals surface area contributed by atoms with E-state index in [9.17, 15) is 9.59 Å². The Bertz CT molecular complexity index is 1140. The van der Waals surface area contributed by atoms with E-state index >= 15 is 0 Å². The summed E-state index contributed by atoms with van der Waals surface area (Å²) in [5.74, 6) is 1.44. The van der Waals surface area contributed by atoms with Crippen molar-refractivity contribution in [2.24, 2.45) is 0 Å². The van der Waals surface area contributed by atoms with Crippen molar-refractivity contribution in [1.82, 2.24) is 20.6 Å². The van der Waals surface area contributed by atoms with Crippen LogP contribution in [0.3, 0.4) is 0 Å². The highest BCUT2D eigenvalue weighted by Crippen LogP contribution is 2.20. The molecule has 2 amide bonds. The fourth-order valence-electron chi connectivity index (χ4n) is 2.97. The molecular formula is C24H25N7O2. The maximum absolute atomic E-state index is 12.3. The van der Waals surface area contributed by atoms with Gasteiger partial charge in [-0.3, -0.25) is 9.59 Å². The molecule has 0 saturated heterocycles. The largest absolute Gasteiger partial charge is 0.368 e. The second kappa shape index (κ2) is 11.8. The zero-order chi connectivity index (χ0) is 23.5. The third-order valence-electron chi connectivity index (χ3n) is 4.53. The number of nitrogens with zero attached hydrogens (tertiary/aromatic N) is 3. The maximum Gasteiger partial charge on any atom is 0.251 e. The average Bonchev–Trinajstić information content (AvgIpc) is 2.84. The molecule has 0 aliphatic heterocycles. The molecule has 0 bridgehead atoms. The molecule has 0 saturated carbocycles. The van der Waals surface area contributed by atoms with Crippen LogP contribution in [0.1, 0.15) is 22.8 Å². The summed E-state index contributed by atoms with van der Waals surface area (Å²) < 4.78 is 0. The van der Waals surface area contributed by atoms with Crippen LogP contribution >= 0.6 is 0 Å². The smallest absolute Gasteiger partial charge is 0.251 e. The lowest BCUT2D eigenvalue weighted by Gasteiger charge is -2.12. The number of benzene rings is 2. The van der Waals surface area contributed by atoms with Crippen LogP contribution in [0.25, 0.3) is 11.4 Å². The predicted octanol–water partition coefficient (Wildman–Crippen LogP) is 2.41. The third kappa shape index (κ3) is 7.33. The number of carbonyl (C=O) groups is 2.